The van der Waals surface area contributed by atoms with Crippen molar-refractivity contribution in [3.63, 3.8) is 0 Å². The van der Waals surface area contributed by atoms with E-state index in [-0.39, 0.29) is 0 Å². The minimum Gasteiger partial charge on any atom is -0.457 e. The number of H-pyrrole nitrogens is 1. The molecule has 1 saturated heterocycles. The molecule has 0 saturated carbocycles. The van der Waals surface area contributed by atoms with Crippen LogP contribution < -0.4 is 10.1 Å². The highest BCUT2D eigenvalue weighted by Gasteiger charge is 2.18. The van der Waals surface area contributed by atoms with Gasteiger partial charge in [0.25, 0.3) is 0 Å². The number of fused-ring (bicyclic) bond motifs is 1. The molecule has 28 heavy (non-hydrogen) atoms. The van der Waals surface area contributed by atoms with Crippen molar-refractivity contribution in [1.29, 1.82) is 0 Å². The summed E-state index contributed by atoms with van der Waals surface area (Å²) in [5, 5.41) is 12.2. The fraction of sp³-hybridized carbons (Fsp3) is 0.208. The van der Waals surface area contributed by atoms with Crippen LogP contribution in [0.3, 0.4) is 0 Å². The molecule has 140 valence electrons. The number of ether oxygens (including phenoxy) is 1. The summed E-state index contributed by atoms with van der Waals surface area (Å²) >= 11 is 0. The molecule has 1 aliphatic heterocycles. The third kappa shape index (κ3) is 3.39. The molecule has 4 heteroatoms. The van der Waals surface area contributed by atoms with Gasteiger partial charge >= 0.3 is 0 Å². The van der Waals surface area contributed by atoms with Crippen LogP contribution in [-0.4, -0.2) is 23.3 Å². The Hall–Kier alpha value is -3.11. The minimum absolute atomic E-state index is 0.562. The van der Waals surface area contributed by atoms with Gasteiger partial charge in [0.1, 0.15) is 11.5 Å². The third-order valence-electron chi connectivity index (χ3n) is 5.48. The molecule has 0 spiro atoms. The van der Waals surface area contributed by atoms with Crippen molar-refractivity contribution >= 4 is 10.9 Å². The quantitative estimate of drug-likeness (QED) is 0.500. The number of aromatic nitrogens is 2. The van der Waals surface area contributed by atoms with Crippen molar-refractivity contribution in [2.24, 2.45) is 0 Å². The second-order valence-electron chi connectivity index (χ2n) is 7.39. The zero-order chi connectivity index (χ0) is 18.8. The predicted octanol–water partition coefficient (Wildman–Crippen LogP) is 5.49. The van der Waals surface area contributed by atoms with Crippen LogP contribution in [0, 0.1) is 0 Å². The van der Waals surface area contributed by atoms with Gasteiger partial charge in [-0.1, -0.05) is 30.3 Å². The van der Waals surface area contributed by atoms with Crippen LogP contribution in [0.2, 0.25) is 0 Å². The van der Waals surface area contributed by atoms with E-state index in [0.29, 0.717) is 5.92 Å². The predicted molar refractivity (Wildman–Crippen MR) is 113 cm³/mol. The van der Waals surface area contributed by atoms with Gasteiger partial charge in [-0.15, -0.1) is 0 Å². The van der Waals surface area contributed by atoms with E-state index in [2.05, 4.69) is 39.8 Å². The molecular formula is C24H23N3O. The number of piperidine rings is 1. The van der Waals surface area contributed by atoms with Crippen LogP contribution >= 0.6 is 0 Å². The Kier molecular flexibility index (Phi) is 4.55. The van der Waals surface area contributed by atoms with Gasteiger partial charge < -0.3 is 10.1 Å². The number of nitrogens with zero attached hydrogens (tertiary/aromatic N) is 1. The zero-order valence-electron chi connectivity index (χ0n) is 15.7. The maximum absolute atomic E-state index is 5.93. The van der Waals surface area contributed by atoms with Gasteiger partial charge in [0.05, 0.1) is 11.7 Å². The summed E-state index contributed by atoms with van der Waals surface area (Å²) in [5.74, 6) is 2.24. The lowest BCUT2D eigenvalue weighted by Gasteiger charge is -2.24. The Morgan fingerprint density at radius 2 is 1.75 bits per heavy atom. The second-order valence-corrected chi connectivity index (χ2v) is 7.39. The number of rotatable bonds is 4. The first kappa shape index (κ1) is 17.0. The molecule has 1 aromatic heterocycles. The Bertz CT molecular complexity index is 1060. The summed E-state index contributed by atoms with van der Waals surface area (Å²) in [4.78, 5) is 0. The first-order valence-electron chi connectivity index (χ1n) is 9.88. The number of hydrogen-bond acceptors (Lipinski definition) is 3. The Balaban J connectivity index is 1.48. The van der Waals surface area contributed by atoms with E-state index in [0.717, 1.165) is 30.1 Å². The SMILES string of the molecule is c1ccc(Oc2ccc(-c3cc(C4CCCNC4)cc4cn[nH]c34)cc2)cc1. The van der Waals surface area contributed by atoms with Gasteiger partial charge in [0, 0.05) is 17.5 Å². The molecule has 1 aliphatic rings. The Morgan fingerprint density at radius 3 is 2.54 bits per heavy atom. The molecule has 5 rings (SSSR count). The molecule has 4 aromatic rings. The average Bonchev–Trinajstić information content (AvgIpc) is 3.24. The van der Waals surface area contributed by atoms with Crippen LogP contribution in [0.15, 0.2) is 72.9 Å². The normalized spacial score (nSPS) is 16.9. The number of benzene rings is 3. The van der Waals surface area contributed by atoms with Crippen LogP contribution in [-0.2, 0) is 0 Å². The molecule has 2 heterocycles. The van der Waals surface area contributed by atoms with E-state index >= 15 is 0 Å². The third-order valence-corrected chi connectivity index (χ3v) is 5.48. The maximum atomic E-state index is 5.93. The Labute approximate surface area is 164 Å². The summed E-state index contributed by atoms with van der Waals surface area (Å²) in [5.41, 5.74) is 4.84. The number of hydrogen-bond donors (Lipinski definition) is 2. The van der Waals surface area contributed by atoms with Gasteiger partial charge in [-0.05, 0) is 72.8 Å². The van der Waals surface area contributed by atoms with Crippen molar-refractivity contribution in [2.75, 3.05) is 13.1 Å². The van der Waals surface area contributed by atoms with E-state index in [9.17, 15) is 0 Å². The first-order chi connectivity index (χ1) is 13.9. The van der Waals surface area contributed by atoms with Crippen molar-refractivity contribution < 1.29 is 4.74 Å². The van der Waals surface area contributed by atoms with Crippen LogP contribution in [0.4, 0.5) is 0 Å². The zero-order valence-corrected chi connectivity index (χ0v) is 15.7. The van der Waals surface area contributed by atoms with Crippen molar-refractivity contribution in [3.05, 3.63) is 78.5 Å². The summed E-state index contributed by atoms with van der Waals surface area (Å²) in [6.07, 6.45) is 4.39. The highest BCUT2D eigenvalue weighted by molar-refractivity contribution is 5.94. The van der Waals surface area contributed by atoms with E-state index < -0.39 is 0 Å². The van der Waals surface area contributed by atoms with Crippen molar-refractivity contribution in [2.45, 2.75) is 18.8 Å². The fourth-order valence-electron chi connectivity index (χ4n) is 4.01. The molecule has 0 bridgehead atoms. The minimum atomic E-state index is 0.562. The average molecular weight is 369 g/mol. The molecule has 1 unspecified atom stereocenters. The lowest BCUT2D eigenvalue weighted by molar-refractivity contribution is 0.462. The fourth-order valence-corrected chi connectivity index (χ4v) is 4.01. The summed E-state index contributed by atoms with van der Waals surface area (Å²) in [6, 6.07) is 22.8. The molecule has 1 atom stereocenters. The van der Waals surface area contributed by atoms with Gasteiger partial charge in [0.15, 0.2) is 0 Å². The molecule has 4 nitrogen and oxygen atoms in total. The lowest BCUT2D eigenvalue weighted by atomic mass is 9.88. The topological polar surface area (TPSA) is 49.9 Å². The van der Waals surface area contributed by atoms with E-state index in [1.54, 1.807) is 0 Å². The summed E-state index contributed by atoms with van der Waals surface area (Å²) < 4.78 is 5.93. The van der Waals surface area contributed by atoms with Gasteiger partial charge in [-0.2, -0.15) is 5.10 Å². The van der Waals surface area contributed by atoms with E-state index in [1.807, 2.05) is 48.7 Å². The number of para-hydroxylation sites is 1. The highest BCUT2D eigenvalue weighted by atomic mass is 16.5. The van der Waals surface area contributed by atoms with Gasteiger partial charge in [-0.3, -0.25) is 5.10 Å². The van der Waals surface area contributed by atoms with Crippen LogP contribution in [0.5, 0.6) is 11.5 Å². The smallest absolute Gasteiger partial charge is 0.127 e. The standard InChI is InChI=1S/C24H23N3O/c1-2-6-21(7-3-1)28-22-10-8-17(9-11-22)23-14-19(18-5-4-12-25-15-18)13-20-16-26-27-24(20)23/h1-3,6-11,13-14,16,18,25H,4-5,12,15H2,(H,26,27). The van der Waals surface area contributed by atoms with Gasteiger partial charge in [-0.25, -0.2) is 0 Å². The van der Waals surface area contributed by atoms with E-state index in [1.165, 1.54) is 34.9 Å². The second kappa shape index (κ2) is 7.49. The molecule has 3 aromatic carbocycles. The lowest BCUT2D eigenvalue weighted by Crippen LogP contribution is -2.28. The highest BCUT2D eigenvalue weighted by Crippen LogP contribution is 2.34. The molecular weight excluding hydrogens is 346 g/mol. The number of nitrogens with one attached hydrogen (secondary N) is 2. The van der Waals surface area contributed by atoms with Crippen LogP contribution in [0.25, 0.3) is 22.0 Å². The van der Waals surface area contributed by atoms with Crippen molar-refractivity contribution in [3.8, 4) is 22.6 Å². The summed E-state index contributed by atoms with van der Waals surface area (Å²) in [7, 11) is 0. The maximum Gasteiger partial charge on any atom is 0.127 e. The first-order valence-corrected chi connectivity index (χ1v) is 9.88. The Morgan fingerprint density at radius 1 is 0.929 bits per heavy atom. The molecule has 0 amide bonds. The van der Waals surface area contributed by atoms with Gasteiger partial charge in [0.2, 0.25) is 0 Å². The number of aromatic amines is 1. The van der Waals surface area contributed by atoms with E-state index in [4.69, 9.17) is 4.74 Å². The largest absolute Gasteiger partial charge is 0.457 e. The molecule has 2 N–H and O–H groups in total. The van der Waals surface area contributed by atoms with Crippen molar-refractivity contribution in [1.82, 2.24) is 15.5 Å². The summed E-state index contributed by atoms with van der Waals surface area (Å²) in [6.45, 7) is 2.17. The van der Waals surface area contributed by atoms with Crippen LogP contribution in [0.1, 0.15) is 24.3 Å². The molecule has 0 radical (unpaired) electrons. The monoisotopic (exact) mass is 369 g/mol. The molecule has 1 fully saturated rings. The molecule has 0 aliphatic carbocycles.